The summed E-state index contributed by atoms with van der Waals surface area (Å²) in [4.78, 5) is 17.5. The van der Waals surface area contributed by atoms with Crippen molar-refractivity contribution in [1.29, 1.82) is 0 Å². The number of nitrogens with zero attached hydrogens (tertiary/aromatic N) is 3. The van der Waals surface area contributed by atoms with Gasteiger partial charge in [-0.15, -0.1) is 5.10 Å². The molecule has 6 nitrogen and oxygen atoms in total. The van der Waals surface area contributed by atoms with Gasteiger partial charge in [-0.2, -0.15) is 0 Å². The van der Waals surface area contributed by atoms with E-state index in [9.17, 15) is 4.79 Å². The summed E-state index contributed by atoms with van der Waals surface area (Å²) in [7, 11) is 3.91. The third-order valence-electron chi connectivity index (χ3n) is 1.91. The number of amides is 1. The normalized spacial score (nSPS) is 10.7. The number of carbonyl (C=O) groups is 1. The lowest BCUT2D eigenvalue weighted by molar-refractivity contribution is 0.0941. The molecule has 2 N–H and O–H groups in total. The Morgan fingerprint density at radius 1 is 1.53 bits per heavy atom. The van der Waals surface area contributed by atoms with Gasteiger partial charge in [0.2, 0.25) is 5.82 Å². The van der Waals surface area contributed by atoms with Crippen LogP contribution >= 0.6 is 0 Å². The van der Waals surface area contributed by atoms with E-state index in [1.165, 1.54) is 0 Å². The number of rotatable bonds is 5. The number of aromatic nitrogens is 3. The van der Waals surface area contributed by atoms with Crippen LogP contribution in [0.15, 0.2) is 0 Å². The van der Waals surface area contributed by atoms with Crippen molar-refractivity contribution in [2.45, 2.75) is 13.3 Å². The summed E-state index contributed by atoms with van der Waals surface area (Å²) in [5, 5.41) is 9.27. The Morgan fingerprint density at radius 3 is 2.80 bits per heavy atom. The minimum atomic E-state index is -0.229. The molecule has 1 rings (SSSR count). The molecule has 0 aliphatic heterocycles. The minimum Gasteiger partial charge on any atom is -0.348 e. The molecule has 15 heavy (non-hydrogen) atoms. The van der Waals surface area contributed by atoms with Crippen LogP contribution in [0, 0.1) is 0 Å². The van der Waals surface area contributed by atoms with E-state index in [-0.39, 0.29) is 11.7 Å². The molecule has 0 fully saturated rings. The quantitative estimate of drug-likeness (QED) is 0.698. The van der Waals surface area contributed by atoms with Crippen molar-refractivity contribution >= 4 is 5.91 Å². The maximum atomic E-state index is 11.5. The first-order chi connectivity index (χ1) is 7.13. The van der Waals surface area contributed by atoms with E-state index in [1.807, 2.05) is 25.9 Å². The number of hydrogen-bond acceptors (Lipinski definition) is 4. The van der Waals surface area contributed by atoms with Crippen molar-refractivity contribution in [1.82, 2.24) is 25.4 Å². The zero-order valence-electron chi connectivity index (χ0n) is 9.37. The molecule has 0 bridgehead atoms. The summed E-state index contributed by atoms with van der Waals surface area (Å²) in [6.07, 6.45) is 0.748. The molecule has 0 unspecified atom stereocenters. The summed E-state index contributed by atoms with van der Waals surface area (Å²) in [5.74, 6) is 0.714. The van der Waals surface area contributed by atoms with Gasteiger partial charge in [0.25, 0.3) is 5.91 Å². The van der Waals surface area contributed by atoms with Gasteiger partial charge in [-0.3, -0.25) is 9.89 Å². The molecular formula is C9H17N5O. The summed E-state index contributed by atoms with van der Waals surface area (Å²) in [5.41, 5.74) is 0. The van der Waals surface area contributed by atoms with Gasteiger partial charge in [0.1, 0.15) is 5.82 Å². The molecular weight excluding hydrogens is 194 g/mol. The maximum absolute atomic E-state index is 11.5. The molecule has 1 heterocycles. The lowest BCUT2D eigenvalue weighted by Gasteiger charge is -2.08. The van der Waals surface area contributed by atoms with Crippen LogP contribution in [-0.2, 0) is 6.42 Å². The van der Waals surface area contributed by atoms with Gasteiger partial charge in [0.15, 0.2) is 0 Å². The number of aromatic amines is 1. The van der Waals surface area contributed by atoms with E-state index < -0.39 is 0 Å². The number of nitrogens with one attached hydrogen (secondary N) is 2. The topological polar surface area (TPSA) is 73.9 Å². The third kappa shape index (κ3) is 3.67. The smallest absolute Gasteiger partial charge is 0.291 e. The van der Waals surface area contributed by atoms with Gasteiger partial charge in [-0.05, 0) is 14.1 Å². The van der Waals surface area contributed by atoms with Crippen LogP contribution in [0.5, 0.6) is 0 Å². The predicted octanol–water partition coefficient (Wildman–Crippen LogP) is -0.341. The van der Waals surface area contributed by atoms with E-state index in [0.717, 1.165) is 18.8 Å². The van der Waals surface area contributed by atoms with E-state index in [4.69, 9.17) is 0 Å². The summed E-state index contributed by atoms with van der Waals surface area (Å²) >= 11 is 0. The van der Waals surface area contributed by atoms with E-state index in [0.29, 0.717) is 6.54 Å². The molecule has 0 saturated heterocycles. The molecule has 0 spiro atoms. The van der Waals surface area contributed by atoms with E-state index in [1.54, 1.807) is 0 Å². The Balaban J connectivity index is 2.40. The molecule has 1 aromatic heterocycles. The highest BCUT2D eigenvalue weighted by atomic mass is 16.2. The lowest BCUT2D eigenvalue weighted by Crippen LogP contribution is -2.31. The van der Waals surface area contributed by atoms with Gasteiger partial charge in [-0.25, -0.2) is 4.98 Å². The van der Waals surface area contributed by atoms with Crippen molar-refractivity contribution in [3.8, 4) is 0 Å². The Labute approximate surface area is 89.1 Å². The second-order valence-corrected chi connectivity index (χ2v) is 3.52. The molecule has 0 radical (unpaired) electrons. The highest BCUT2D eigenvalue weighted by Crippen LogP contribution is 1.92. The number of aryl methyl sites for hydroxylation is 1. The fourth-order valence-electron chi connectivity index (χ4n) is 1.03. The average molecular weight is 211 g/mol. The number of likely N-dealkylation sites (N-methyl/N-ethyl adjacent to an activating group) is 1. The first kappa shape index (κ1) is 11.6. The molecule has 0 aliphatic rings. The fourth-order valence-corrected chi connectivity index (χ4v) is 1.03. The molecule has 1 aromatic rings. The average Bonchev–Trinajstić information content (AvgIpc) is 2.65. The van der Waals surface area contributed by atoms with Gasteiger partial charge in [0.05, 0.1) is 0 Å². The van der Waals surface area contributed by atoms with Crippen LogP contribution in [-0.4, -0.2) is 53.2 Å². The van der Waals surface area contributed by atoms with Crippen molar-refractivity contribution in [2.75, 3.05) is 27.2 Å². The first-order valence-corrected chi connectivity index (χ1v) is 4.97. The predicted molar refractivity (Wildman–Crippen MR) is 56.6 cm³/mol. The summed E-state index contributed by atoms with van der Waals surface area (Å²) in [6, 6.07) is 0. The van der Waals surface area contributed by atoms with Gasteiger partial charge < -0.3 is 10.2 Å². The molecule has 0 atom stereocenters. The van der Waals surface area contributed by atoms with Crippen molar-refractivity contribution in [3.63, 3.8) is 0 Å². The molecule has 1 amide bonds. The minimum absolute atomic E-state index is 0.214. The summed E-state index contributed by atoms with van der Waals surface area (Å²) in [6.45, 7) is 3.35. The van der Waals surface area contributed by atoms with Gasteiger partial charge >= 0.3 is 0 Å². The second kappa shape index (κ2) is 5.45. The molecule has 0 aromatic carbocycles. The van der Waals surface area contributed by atoms with Crippen LogP contribution < -0.4 is 5.32 Å². The van der Waals surface area contributed by atoms with Crippen LogP contribution in [0.1, 0.15) is 23.4 Å². The van der Waals surface area contributed by atoms with Crippen molar-refractivity contribution in [2.24, 2.45) is 0 Å². The van der Waals surface area contributed by atoms with Crippen LogP contribution in [0.4, 0.5) is 0 Å². The zero-order valence-corrected chi connectivity index (χ0v) is 9.37. The largest absolute Gasteiger partial charge is 0.348 e. The van der Waals surface area contributed by atoms with Crippen LogP contribution in [0.2, 0.25) is 0 Å². The van der Waals surface area contributed by atoms with Crippen LogP contribution in [0.25, 0.3) is 0 Å². The SMILES string of the molecule is CCc1nc(C(=O)NCCN(C)C)n[nH]1. The number of hydrogen-bond donors (Lipinski definition) is 2. The van der Waals surface area contributed by atoms with Crippen molar-refractivity contribution < 1.29 is 4.79 Å². The van der Waals surface area contributed by atoms with E-state index >= 15 is 0 Å². The highest BCUT2D eigenvalue weighted by Gasteiger charge is 2.10. The molecule has 0 saturated carbocycles. The molecule has 0 aliphatic carbocycles. The fraction of sp³-hybridized carbons (Fsp3) is 0.667. The standard InChI is InChI=1S/C9H17N5O/c1-4-7-11-8(13-12-7)9(15)10-5-6-14(2)3/h4-6H2,1-3H3,(H,10,15)(H,11,12,13). The summed E-state index contributed by atoms with van der Waals surface area (Å²) < 4.78 is 0. The highest BCUT2D eigenvalue weighted by molar-refractivity contribution is 5.90. The van der Waals surface area contributed by atoms with Crippen molar-refractivity contribution in [3.05, 3.63) is 11.6 Å². The maximum Gasteiger partial charge on any atom is 0.291 e. The van der Waals surface area contributed by atoms with E-state index in [2.05, 4.69) is 20.5 Å². The van der Waals surface area contributed by atoms with Crippen LogP contribution in [0.3, 0.4) is 0 Å². The molecule has 6 heteroatoms. The third-order valence-corrected chi connectivity index (χ3v) is 1.91. The first-order valence-electron chi connectivity index (χ1n) is 4.97. The second-order valence-electron chi connectivity index (χ2n) is 3.52. The Hall–Kier alpha value is -1.43. The molecule has 84 valence electrons. The van der Waals surface area contributed by atoms with Gasteiger partial charge in [-0.1, -0.05) is 6.92 Å². The Morgan fingerprint density at radius 2 is 2.27 bits per heavy atom. The van der Waals surface area contributed by atoms with Gasteiger partial charge in [0, 0.05) is 19.5 Å². The Bertz CT molecular complexity index is 320. The zero-order chi connectivity index (χ0) is 11.3. The lowest BCUT2D eigenvalue weighted by atomic mass is 10.4. The Kier molecular flexibility index (Phi) is 4.23. The monoisotopic (exact) mass is 211 g/mol. The number of H-pyrrole nitrogens is 1. The number of carbonyl (C=O) groups excluding carboxylic acids is 1.